The Morgan fingerprint density at radius 3 is 2.61 bits per heavy atom. The number of nitro groups is 1. The molecule has 0 fully saturated rings. The second kappa shape index (κ2) is 5.68. The smallest absolute Gasteiger partial charge is 0.310 e. The summed E-state index contributed by atoms with van der Waals surface area (Å²) in [5, 5.41) is 22.6. The molecule has 0 aliphatic rings. The Labute approximate surface area is 109 Å². The maximum absolute atomic E-state index is 10.9. The summed E-state index contributed by atoms with van der Waals surface area (Å²) in [5.41, 5.74) is -0.0308. The number of para-hydroxylation sites is 1. The molecule has 1 aromatic carbocycles. The molecule has 0 spiro atoms. The monoisotopic (exact) mass is 272 g/mol. The van der Waals surface area contributed by atoms with Gasteiger partial charge in [0.25, 0.3) is 0 Å². The van der Waals surface area contributed by atoms with Gasteiger partial charge >= 0.3 is 11.7 Å². The standard InChI is InChI=1S/C11H13ClN2O4/c1-6(11(15)16)7(2)13-9-5-3-4-8(12)10(9)14(17)18/h3-7,13H,1-2H3,(H,15,16). The fraction of sp³-hybridized carbons (Fsp3) is 0.364. The van der Waals surface area contributed by atoms with E-state index in [0.717, 1.165) is 0 Å². The van der Waals surface area contributed by atoms with Gasteiger partial charge in [0.15, 0.2) is 0 Å². The quantitative estimate of drug-likeness (QED) is 0.635. The molecule has 0 aromatic heterocycles. The number of anilines is 1. The number of benzene rings is 1. The molecule has 0 aliphatic heterocycles. The molecule has 0 saturated carbocycles. The van der Waals surface area contributed by atoms with Crippen LogP contribution in [0.15, 0.2) is 18.2 Å². The van der Waals surface area contributed by atoms with E-state index in [-0.39, 0.29) is 16.4 Å². The molecule has 0 heterocycles. The highest BCUT2D eigenvalue weighted by atomic mass is 35.5. The largest absolute Gasteiger partial charge is 0.481 e. The van der Waals surface area contributed by atoms with E-state index in [9.17, 15) is 14.9 Å². The third-order valence-electron chi connectivity index (χ3n) is 2.69. The van der Waals surface area contributed by atoms with E-state index in [0.29, 0.717) is 0 Å². The zero-order valence-corrected chi connectivity index (χ0v) is 10.6. The lowest BCUT2D eigenvalue weighted by molar-refractivity contribution is -0.383. The van der Waals surface area contributed by atoms with Crippen LogP contribution in [-0.2, 0) is 4.79 Å². The number of nitrogens with one attached hydrogen (secondary N) is 1. The van der Waals surface area contributed by atoms with Crippen LogP contribution in [0.3, 0.4) is 0 Å². The van der Waals surface area contributed by atoms with Crippen molar-refractivity contribution in [3.8, 4) is 0 Å². The lowest BCUT2D eigenvalue weighted by Gasteiger charge is -2.19. The van der Waals surface area contributed by atoms with Crippen LogP contribution in [0.25, 0.3) is 0 Å². The predicted octanol–water partition coefficient (Wildman–Crippen LogP) is 2.77. The molecule has 2 unspecified atom stereocenters. The summed E-state index contributed by atoms with van der Waals surface area (Å²) in [6, 6.07) is 4.01. The number of carboxylic acids is 1. The Morgan fingerprint density at radius 1 is 1.50 bits per heavy atom. The Bertz CT molecular complexity index is 478. The topological polar surface area (TPSA) is 92.5 Å². The van der Waals surface area contributed by atoms with E-state index in [1.165, 1.54) is 19.1 Å². The number of hydrogen-bond donors (Lipinski definition) is 2. The van der Waals surface area contributed by atoms with Gasteiger partial charge in [0.2, 0.25) is 0 Å². The van der Waals surface area contributed by atoms with Crippen LogP contribution in [-0.4, -0.2) is 22.0 Å². The highest BCUT2D eigenvalue weighted by Gasteiger charge is 2.24. The number of hydrogen-bond acceptors (Lipinski definition) is 4. The molecule has 0 radical (unpaired) electrons. The van der Waals surface area contributed by atoms with Crippen LogP contribution in [0.1, 0.15) is 13.8 Å². The van der Waals surface area contributed by atoms with Crippen molar-refractivity contribution in [1.82, 2.24) is 0 Å². The molecule has 0 saturated heterocycles. The average molecular weight is 273 g/mol. The van der Waals surface area contributed by atoms with Gasteiger partial charge in [0, 0.05) is 6.04 Å². The first-order chi connectivity index (χ1) is 8.34. The third-order valence-corrected chi connectivity index (χ3v) is 3.00. The maximum Gasteiger partial charge on any atom is 0.310 e. The normalized spacial score (nSPS) is 13.7. The highest BCUT2D eigenvalue weighted by molar-refractivity contribution is 6.33. The van der Waals surface area contributed by atoms with E-state index >= 15 is 0 Å². The van der Waals surface area contributed by atoms with Crippen molar-refractivity contribution in [1.29, 1.82) is 0 Å². The Morgan fingerprint density at radius 2 is 2.11 bits per heavy atom. The van der Waals surface area contributed by atoms with E-state index in [1.54, 1.807) is 13.0 Å². The predicted molar refractivity (Wildman–Crippen MR) is 68.0 cm³/mol. The molecular weight excluding hydrogens is 260 g/mol. The molecule has 2 N–H and O–H groups in total. The lowest BCUT2D eigenvalue weighted by Crippen LogP contribution is -2.29. The highest BCUT2D eigenvalue weighted by Crippen LogP contribution is 2.33. The second-order valence-electron chi connectivity index (χ2n) is 3.95. The first-order valence-corrected chi connectivity index (χ1v) is 5.64. The van der Waals surface area contributed by atoms with Crippen molar-refractivity contribution in [2.24, 2.45) is 5.92 Å². The number of nitrogens with zero attached hydrogens (tertiary/aromatic N) is 1. The minimum atomic E-state index is -0.973. The summed E-state index contributed by atoms with van der Waals surface area (Å²) < 4.78 is 0. The number of rotatable bonds is 5. The number of nitro benzene ring substituents is 1. The molecule has 0 aliphatic carbocycles. The minimum absolute atomic E-state index is 0.0141. The van der Waals surface area contributed by atoms with Gasteiger partial charge in [-0.3, -0.25) is 14.9 Å². The Balaban J connectivity index is 3.01. The van der Waals surface area contributed by atoms with Gasteiger partial charge < -0.3 is 10.4 Å². The summed E-state index contributed by atoms with van der Waals surface area (Å²) in [6.07, 6.45) is 0. The zero-order chi connectivity index (χ0) is 13.9. The Hall–Kier alpha value is -1.82. The zero-order valence-electron chi connectivity index (χ0n) is 9.88. The van der Waals surface area contributed by atoms with Gasteiger partial charge in [-0.25, -0.2) is 0 Å². The molecule has 2 atom stereocenters. The molecule has 1 aromatic rings. The van der Waals surface area contributed by atoms with Crippen molar-refractivity contribution in [2.75, 3.05) is 5.32 Å². The van der Waals surface area contributed by atoms with Crippen LogP contribution < -0.4 is 5.32 Å². The van der Waals surface area contributed by atoms with E-state index in [1.807, 2.05) is 0 Å². The van der Waals surface area contributed by atoms with Crippen molar-refractivity contribution < 1.29 is 14.8 Å². The SMILES string of the molecule is CC(Nc1cccc(Cl)c1[N+](=O)[O-])C(C)C(=O)O. The second-order valence-corrected chi connectivity index (χ2v) is 4.36. The molecule has 1 rings (SSSR count). The van der Waals surface area contributed by atoms with Gasteiger partial charge in [-0.1, -0.05) is 17.7 Å². The summed E-state index contributed by atoms with van der Waals surface area (Å²) in [4.78, 5) is 21.1. The van der Waals surface area contributed by atoms with Gasteiger partial charge in [-0.05, 0) is 26.0 Å². The van der Waals surface area contributed by atoms with Gasteiger partial charge in [-0.2, -0.15) is 0 Å². The molecule has 7 heteroatoms. The number of aliphatic carboxylic acids is 1. The molecule has 0 bridgehead atoms. The molecule has 0 amide bonds. The van der Waals surface area contributed by atoms with Gasteiger partial charge in [-0.15, -0.1) is 0 Å². The van der Waals surface area contributed by atoms with Crippen molar-refractivity contribution in [3.63, 3.8) is 0 Å². The van der Waals surface area contributed by atoms with Crippen LogP contribution in [0.5, 0.6) is 0 Å². The van der Waals surface area contributed by atoms with Crippen molar-refractivity contribution in [3.05, 3.63) is 33.3 Å². The summed E-state index contributed by atoms with van der Waals surface area (Å²) >= 11 is 5.75. The van der Waals surface area contributed by atoms with E-state index in [4.69, 9.17) is 16.7 Å². The maximum atomic E-state index is 10.9. The number of carbonyl (C=O) groups is 1. The van der Waals surface area contributed by atoms with Crippen LogP contribution in [0.2, 0.25) is 5.02 Å². The first kappa shape index (κ1) is 14.2. The van der Waals surface area contributed by atoms with Crippen LogP contribution in [0, 0.1) is 16.0 Å². The van der Waals surface area contributed by atoms with Crippen molar-refractivity contribution in [2.45, 2.75) is 19.9 Å². The third kappa shape index (κ3) is 3.10. The molecule has 6 nitrogen and oxygen atoms in total. The van der Waals surface area contributed by atoms with Gasteiger partial charge in [0.05, 0.1) is 10.8 Å². The summed E-state index contributed by atoms with van der Waals surface area (Å²) in [6.45, 7) is 3.17. The lowest BCUT2D eigenvalue weighted by atomic mass is 10.0. The molecular formula is C11H13ClN2O4. The van der Waals surface area contributed by atoms with Crippen LogP contribution in [0.4, 0.5) is 11.4 Å². The van der Waals surface area contributed by atoms with Crippen LogP contribution >= 0.6 is 11.6 Å². The number of carboxylic acid groups (broad SMARTS) is 1. The minimum Gasteiger partial charge on any atom is -0.481 e. The summed E-state index contributed by atoms with van der Waals surface area (Å²) in [5.74, 6) is -1.65. The first-order valence-electron chi connectivity index (χ1n) is 5.26. The van der Waals surface area contributed by atoms with Gasteiger partial charge in [0.1, 0.15) is 10.7 Å². The Kier molecular flexibility index (Phi) is 4.49. The summed E-state index contributed by atoms with van der Waals surface area (Å²) in [7, 11) is 0. The van der Waals surface area contributed by atoms with E-state index < -0.39 is 22.9 Å². The fourth-order valence-corrected chi connectivity index (χ4v) is 1.65. The molecule has 98 valence electrons. The molecule has 18 heavy (non-hydrogen) atoms. The van der Waals surface area contributed by atoms with Crippen molar-refractivity contribution >= 4 is 28.9 Å². The number of halogens is 1. The average Bonchev–Trinajstić information content (AvgIpc) is 2.27. The fourth-order valence-electron chi connectivity index (χ4n) is 1.40. The van der Waals surface area contributed by atoms with E-state index in [2.05, 4.69) is 5.32 Å².